The van der Waals surface area contributed by atoms with Crippen LogP contribution in [0.4, 0.5) is 5.69 Å². The molecule has 1 aliphatic heterocycles. The Labute approximate surface area is 184 Å². The van der Waals surface area contributed by atoms with E-state index in [1.807, 2.05) is 0 Å². The fourth-order valence-electron chi connectivity index (χ4n) is 3.31. The summed E-state index contributed by atoms with van der Waals surface area (Å²) in [4.78, 5) is 22.7. The Balaban J connectivity index is 1.71. The van der Waals surface area contributed by atoms with Gasteiger partial charge in [-0.1, -0.05) is 18.0 Å². The van der Waals surface area contributed by atoms with Crippen molar-refractivity contribution in [3.05, 3.63) is 68.7 Å². The van der Waals surface area contributed by atoms with Gasteiger partial charge in [-0.15, -0.1) is 0 Å². The number of aliphatic hydroxyl groups excluding tert-OH is 1. The SMILES string of the molecule is O=C(NCC(O)c1ccc([N+](=O)[O-])cc1)c1cc(S(=O)(=O)N2CCCCC2)ccc1Cl. The lowest BCUT2D eigenvalue weighted by atomic mass is 10.1. The predicted molar refractivity (Wildman–Crippen MR) is 114 cm³/mol. The second-order valence-electron chi connectivity index (χ2n) is 7.18. The quantitative estimate of drug-likeness (QED) is 0.475. The van der Waals surface area contributed by atoms with E-state index in [0.717, 1.165) is 19.3 Å². The number of hydrogen-bond acceptors (Lipinski definition) is 6. The number of non-ortho nitro benzene ring substituents is 1. The summed E-state index contributed by atoms with van der Waals surface area (Å²) in [5.41, 5.74) is 0.257. The van der Waals surface area contributed by atoms with Gasteiger partial charge in [0.25, 0.3) is 11.6 Å². The van der Waals surface area contributed by atoms with Crippen molar-refractivity contribution in [2.45, 2.75) is 30.3 Å². The molecule has 1 saturated heterocycles. The molecule has 2 aromatic rings. The minimum absolute atomic E-state index is 0.0140. The summed E-state index contributed by atoms with van der Waals surface area (Å²) in [6.07, 6.45) is 1.46. The van der Waals surface area contributed by atoms with Crippen LogP contribution in [0.2, 0.25) is 5.02 Å². The van der Waals surface area contributed by atoms with Gasteiger partial charge in [0, 0.05) is 31.8 Å². The molecule has 1 aliphatic rings. The summed E-state index contributed by atoms with van der Waals surface area (Å²) < 4.78 is 27.1. The Kier molecular flexibility index (Phi) is 7.26. The van der Waals surface area contributed by atoms with Crippen LogP contribution in [-0.4, -0.2) is 48.3 Å². The fraction of sp³-hybridized carbons (Fsp3) is 0.350. The molecule has 1 fully saturated rings. The lowest BCUT2D eigenvalue weighted by Gasteiger charge is -2.26. The maximum atomic E-state index is 12.9. The topological polar surface area (TPSA) is 130 Å². The number of amides is 1. The average molecular weight is 468 g/mol. The van der Waals surface area contributed by atoms with Gasteiger partial charge in [0.05, 0.1) is 26.5 Å². The minimum atomic E-state index is -3.73. The van der Waals surface area contributed by atoms with Gasteiger partial charge in [0.15, 0.2) is 0 Å². The molecular weight excluding hydrogens is 446 g/mol. The van der Waals surface area contributed by atoms with Crippen molar-refractivity contribution in [1.29, 1.82) is 0 Å². The van der Waals surface area contributed by atoms with Crippen LogP contribution in [0.1, 0.15) is 41.3 Å². The lowest BCUT2D eigenvalue weighted by molar-refractivity contribution is -0.384. The van der Waals surface area contributed by atoms with E-state index in [0.29, 0.717) is 18.7 Å². The number of nitrogens with zero attached hydrogens (tertiary/aromatic N) is 2. The molecular formula is C20H22ClN3O6S. The molecule has 0 aromatic heterocycles. The van der Waals surface area contributed by atoms with E-state index < -0.39 is 27.0 Å². The first-order valence-corrected chi connectivity index (χ1v) is 11.5. The molecule has 0 spiro atoms. The Morgan fingerprint density at radius 1 is 1.16 bits per heavy atom. The van der Waals surface area contributed by atoms with E-state index >= 15 is 0 Å². The molecule has 2 aromatic carbocycles. The summed E-state index contributed by atoms with van der Waals surface area (Å²) in [6, 6.07) is 9.27. The number of halogens is 1. The number of carbonyl (C=O) groups excluding carboxylic acids is 1. The van der Waals surface area contributed by atoms with Gasteiger partial charge >= 0.3 is 0 Å². The zero-order valence-corrected chi connectivity index (χ0v) is 18.1. The number of benzene rings is 2. The Morgan fingerprint density at radius 2 is 1.81 bits per heavy atom. The highest BCUT2D eigenvalue weighted by molar-refractivity contribution is 7.89. The standard InChI is InChI=1S/C20H22ClN3O6S/c21-18-9-8-16(31(29,30)23-10-2-1-3-11-23)12-17(18)20(26)22-13-19(25)14-4-6-15(7-5-14)24(27)28/h4-9,12,19,25H,1-3,10-11,13H2,(H,22,26). The number of piperidine rings is 1. The zero-order chi connectivity index (χ0) is 22.6. The Hall–Kier alpha value is -2.53. The van der Waals surface area contributed by atoms with Crippen molar-refractivity contribution in [3.63, 3.8) is 0 Å². The molecule has 0 saturated carbocycles. The van der Waals surface area contributed by atoms with E-state index in [1.54, 1.807) is 0 Å². The number of nitro benzene ring substituents is 1. The zero-order valence-electron chi connectivity index (χ0n) is 16.5. The highest BCUT2D eigenvalue weighted by atomic mass is 35.5. The van der Waals surface area contributed by atoms with Gasteiger partial charge < -0.3 is 10.4 Å². The largest absolute Gasteiger partial charge is 0.387 e. The Morgan fingerprint density at radius 3 is 2.42 bits per heavy atom. The average Bonchev–Trinajstić information content (AvgIpc) is 2.78. The van der Waals surface area contributed by atoms with Gasteiger partial charge in [-0.05, 0) is 48.7 Å². The minimum Gasteiger partial charge on any atom is -0.387 e. The van der Waals surface area contributed by atoms with Crippen molar-refractivity contribution >= 4 is 33.2 Å². The third-order valence-corrected chi connectivity index (χ3v) is 7.30. The number of hydrogen-bond donors (Lipinski definition) is 2. The van der Waals surface area contributed by atoms with Crippen molar-refractivity contribution < 1.29 is 23.2 Å². The smallest absolute Gasteiger partial charge is 0.269 e. The molecule has 166 valence electrons. The first kappa shape index (κ1) is 23.1. The van der Waals surface area contributed by atoms with Gasteiger partial charge in [-0.2, -0.15) is 4.31 Å². The molecule has 1 amide bonds. The second kappa shape index (κ2) is 9.73. The predicted octanol–water partition coefficient (Wildman–Crippen LogP) is 2.89. The lowest BCUT2D eigenvalue weighted by Crippen LogP contribution is -2.35. The van der Waals surface area contributed by atoms with E-state index in [2.05, 4.69) is 5.32 Å². The van der Waals surface area contributed by atoms with E-state index in [-0.39, 0.29) is 27.7 Å². The van der Waals surface area contributed by atoms with Crippen molar-refractivity contribution in [2.75, 3.05) is 19.6 Å². The summed E-state index contributed by atoms with van der Waals surface area (Å²) in [5, 5.41) is 23.6. The van der Waals surface area contributed by atoms with Crippen LogP contribution in [0.25, 0.3) is 0 Å². The Bertz CT molecular complexity index is 1070. The third-order valence-electron chi connectivity index (χ3n) is 5.08. The second-order valence-corrected chi connectivity index (χ2v) is 9.53. The molecule has 3 rings (SSSR count). The summed E-state index contributed by atoms with van der Waals surface area (Å²) in [5.74, 6) is -0.637. The number of sulfonamides is 1. The van der Waals surface area contributed by atoms with E-state index in [9.17, 15) is 28.4 Å². The van der Waals surface area contributed by atoms with Crippen molar-refractivity contribution in [3.8, 4) is 0 Å². The number of aliphatic hydroxyl groups is 1. The first-order valence-electron chi connectivity index (χ1n) is 9.70. The van der Waals surface area contributed by atoms with Crippen LogP contribution in [-0.2, 0) is 10.0 Å². The molecule has 0 bridgehead atoms. The van der Waals surface area contributed by atoms with Crippen molar-refractivity contribution in [2.24, 2.45) is 0 Å². The number of nitro groups is 1. The van der Waals surface area contributed by atoms with Crippen LogP contribution in [0.15, 0.2) is 47.4 Å². The van der Waals surface area contributed by atoms with Gasteiger partial charge in [0.2, 0.25) is 10.0 Å². The molecule has 31 heavy (non-hydrogen) atoms. The summed E-state index contributed by atoms with van der Waals surface area (Å²) in [6.45, 7) is 0.692. The first-order chi connectivity index (χ1) is 14.7. The molecule has 0 aliphatic carbocycles. The monoisotopic (exact) mass is 467 g/mol. The maximum absolute atomic E-state index is 12.9. The molecule has 0 radical (unpaired) electrons. The van der Waals surface area contributed by atoms with Crippen LogP contribution in [0.3, 0.4) is 0 Å². The fourth-order valence-corrected chi connectivity index (χ4v) is 5.06. The molecule has 11 heteroatoms. The van der Waals surface area contributed by atoms with Crippen LogP contribution >= 0.6 is 11.6 Å². The summed E-state index contributed by atoms with van der Waals surface area (Å²) in [7, 11) is -3.73. The number of nitrogens with one attached hydrogen (secondary N) is 1. The van der Waals surface area contributed by atoms with Crippen molar-refractivity contribution in [1.82, 2.24) is 9.62 Å². The van der Waals surface area contributed by atoms with Gasteiger partial charge in [0.1, 0.15) is 0 Å². The molecule has 1 heterocycles. The molecule has 1 unspecified atom stereocenters. The number of rotatable bonds is 7. The molecule has 2 N–H and O–H groups in total. The van der Waals surface area contributed by atoms with Crippen LogP contribution < -0.4 is 5.32 Å². The third kappa shape index (κ3) is 5.40. The maximum Gasteiger partial charge on any atom is 0.269 e. The van der Waals surface area contributed by atoms with Gasteiger partial charge in [-0.3, -0.25) is 14.9 Å². The van der Waals surface area contributed by atoms with E-state index in [4.69, 9.17) is 11.6 Å². The molecule has 9 nitrogen and oxygen atoms in total. The van der Waals surface area contributed by atoms with Gasteiger partial charge in [-0.25, -0.2) is 8.42 Å². The highest BCUT2D eigenvalue weighted by Crippen LogP contribution is 2.25. The highest BCUT2D eigenvalue weighted by Gasteiger charge is 2.27. The van der Waals surface area contributed by atoms with E-state index in [1.165, 1.54) is 46.8 Å². The molecule has 1 atom stereocenters. The van der Waals surface area contributed by atoms with Crippen LogP contribution in [0.5, 0.6) is 0 Å². The normalized spacial score (nSPS) is 15.9. The van der Waals surface area contributed by atoms with Crippen LogP contribution in [0, 0.1) is 10.1 Å². The summed E-state index contributed by atoms with van der Waals surface area (Å²) >= 11 is 6.11. The number of carbonyl (C=O) groups is 1.